The molecular formula is C19H19ClF3N3O5S. The smallest absolute Gasteiger partial charge is 0.504 e. The van der Waals surface area contributed by atoms with Crippen LogP contribution in [0.5, 0.6) is 11.5 Å². The van der Waals surface area contributed by atoms with Gasteiger partial charge in [0.25, 0.3) is 0 Å². The number of para-hydroxylation sites is 2. The van der Waals surface area contributed by atoms with Crippen molar-refractivity contribution in [3.63, 3.8) is 0 Å². The van der Waals surface area contributed by atoms with Gasteiger partial charge in [0.15, 0.2) is 21.3 Å². The van der Waals surface area contributed by atoms with Crippen molar-refractivity contribution in [2.75, 3.05) is 23.7 Å². The summed E-state index contributed by atoms with van der Waals surface area (Å²) in [5, 5.41) is 17.0. The number of anilines is 2. The molecule has 0 saturated carbocycles. The minimum absolute atomic E-state index is 0.212. The maximum atomic E-state index is 13.0. The van der Waals surface area contributed by atoms with Gasteiger partial charge in [-0.05, 0) is 50.2 Å². The summed E-state index contributed by atoms with van der Waals surface area (Å²) in [6, 6.07) is 6.19. The molecule has 0 radical (unpaired) electrons. The van der Waals surface area contributed by atoms with E-state index in [2.05, 4.69) is 20.7 Å². The van der Waals surface area contributed by atoms with Crippen molar-refractivity contribution in [2.45, 2.75) is 29.3 Å². The molecule has 0 bridgehead atoms. The number of nitrogens with one attached hydrogen (secondary N) is 3. The Morgan fingerprint density at radius 3 is 2.38 bits per heavy atom. The van der Waals surface area contributed by atoms with E-state index in [0.717, 1.165) is 6.07 Å². The lowest BCUT2D eigenvalue weighted by atomic mass is 10.2. The Balaban J connectivity index is 1.83. The molecule has 0 aliphatic carbocycles. The second-order valence-electron chi connectivity index (χ2n) is 6.89. The predicted molar refractivity (Wildman–Crippen MR) is 112 cm³/mol. The highest BCUT2D eigenvalue weighted by atomic mass is 35.5. The number of hydrogen-bond donors (Lipinski definition) is 4. The molecule has 1 saturated heterocycles. The summed E-state index contributed by atoms with van der Waals surface area (Å²) in [5.74, 6) is -1.41. The molecule has 2 aromatic carbocycles. The van der Waals surface area contributed by atoms with Gasteiger partial charge in [-0.15, -0.1) is 13.2 Å². The van der Waals surface area contributed by atoms with E-state index in [1.165, 1.54) is 30.3 Å². The Morgan fingerprint density at radius 2 is 1.72 bits per heavy atom. The van der Waals surface area contributed by atoms with Crippen molar-refractivity contribution in [3.05, 3.63) is 41.4 Å². The summed E-state index contributed by atoms with van der Waals surface area (Å²) in [4.78, 5) is 11.8. The lowest BCUT2D eigenvalue weighted by Crippen LogP contribution is -2.36. The molecule has 1 aliphatic heterocycles. The molecule has 13 heteroatoms. The van der Waals surface area contributed by atoms with E-state index in [4.69, 9.17) is 11.6 Å². The van der Waals surface area contributed by atoms with Crippen molar-refractivity contribution in [1.29, 1.82) is 0 Å². The number of hydrogen-bond acceptors (Lipinski definition) is 6. The summed E-state index contributed by atoms with van der Waals surface area (Å²) in [5.41, 5.74) is -0.577. The first-order valence-electron chi connectivity index (χ1n) is 9.38. The molecule has 1 fully saturated rings. The second kappa shape index (κ2) is 9.43. The summed E-state index contributed by atoms with van der Waals surface area (Å²) in [6.07, 6.45) is -4.32. The molecule has 0 spiro atoms. The lowest BCUT2D eigenvalue weighted by Gasteiger charge is -2.24. The van der Waals surface area contributed by atoms with Crippen molar-refractivity contribution >= 4 is 38.8 Å². The first-order chi connectivity index (χ1) is 15.0. The van der Waals surface area contributed by atoms with Gasteiger partial charge in [0, 0.05) is 0 Å². The zero-order valence-electron chi connectivity index (χ0n) is 16.4. The monoisotopic (exact) mass is 493 g/mol. The van der Waals surface area contributed by atoms with E-state index in [1.807, 2.05) is 0 Å². The topological polar surface area (TPSA) is 117 Å². The maximum absolute atomic E-state index is 13.0. The Bertz CT molecular complexity index is 1110. The van der Waals surface area contributed by atoms with Crippen LogP contribution in [0.1, 0.15) is 12.8 Å². The van der Waals surface area contributed by atoms with Crippen molar-refractivity contribution in [3.8, 4) is 11.5 Å². The number of phenols is 1. The third-order valence-electron chi connectivity index (χ3n) is 4.70. The quantitative estimate of drug-likeness (QED) is 0.466. The minimum Gasteiger partial charge on any atom is -0.504 e. The Kier molecular flexibility index (Phi) is 7.06. The number of ether oxygens (including phenoxy) is 1. The van der Waals surface area contributed by atoms with E-state index >= 15 is 0 Å². The summed E-state index contributed by atoms with van der Waals surface area (Å²) < 4.78 is 67.5. The molecule has 174 valence electrons. The summed E-state index contributed by atoms with van der Waals surface area (Å²) in [6.45, 7) is 0.976. The van der Waals surface area contributed by atoms with Crippen molar-refractivity contribution in [1.82, 2.24) is 5.32 Å². The zero-order chi connectivity index (χ0) is 23.5. The third-order valence-corrected chi connectivity index (χ3v) is 7.46. The van der Waals surface area contributed by atoms with Gasteiger partial charge in [-0.2, -0.15) is 0 Å². The van der Waals surface area contributed by atoms with Crippen LogP contribution in [0.4, 0.5) is 29.3 Å². The number of benzene rings is 2. The Hall–Kier alpha value is -2.70. The van der Waals surface area contributed by atoms with Crippen LogP contribution in [0.3, 0.4) is 0 Å². The molecule has 2 aromatic rings. The van der Waals surface area contributed by atoms with Gasteiger partial charge in [-0.3, -0.25) is 0 Å². The van der Waals surface area contributed by atoms with Crippen LogP contribution in [-0.4, -0.2) is 44.3 Å². The van der Waals surface area contributed by atoms with Gasteiger partial charge in [-0.1, -0.05) is 23.7 Å². The molecule has 3 rings (SSSR count). The molecule has 1 heterocycles. The SMILES string of the molecule is O=C(Nc1ccccc1OC(F)(F)F)Nc1ccc(Cl)c(S(=O)(=O)C2CCNCC2)c1O. The number of rotatable bonds is 5. The Morgan fingerprint density at radius 1 is 1.09 bits per heavy atom. The number of sulfone groups is 1. The molecule has 0 unspecified atom stereocenters. The largest absolute Gasteiger partial charge is 0.573 e. The number of aromatic hydroxyl groups is 1. The fourth-order valence-electron chi connectivity index (χ4n) is 3.25. The molecular weight excluding hydrogens is 475 g/mol. The zero-order valence-corrected chi connectivity index (χ0v) is 17.9. The van der Waals surface area contributed by atoms with Gasteiger partial charge in [0.1, 0.15) is 4.90 Å². The average Bonchev–Trinajstić information content (AvgIpc) is 2.71. The molecule has 2 amide bonds. The summed E-state index contributed by atoms with van der Waals surface area (Å²) in [7, 11) is -4.01. The van der Waals surface area contributed by atoms with Gasteiger partial charge in [0.2, 0.25) is 0 Å². The van der Waals surface area contributed by atoms with E-state index < -0.39 is 43.9 Å². The van der Waals surface area contributed by atoms with Crippen LogP contribution < -0.4 is 20.7 Å². The predicted octanol–water partition coefficient (Wildman–Crippen LogP) is 4.11. The van der Waals surface area contributed by atoms with Crippen LogP contribution in [0.25, 0.3) is 0 Å². The van der Waals surface area contributed by atoms with Crippen molar-refractivity contribution < 1.29 is 36.2 Å². The van der Waals surface area contributed by atoms with Crippen molar-refractivity contribution in [2.24, 2.45) is 0 Å². The van der Waals surface area contributed by atoms with Gasteiger partial charge in [0.05, 0.1) is 21.6 Å². The molecule has 4 N–H and O–H groups in total. The average molecular weight is 494 g/mol. The normalized spacial score (nSPS) is 15.2. The highest BCUT2D eigenvalue weighted by Crippen LogP contribution is 2.40. The number of amides is 2. The fraction of sp³-hybridized carbons (Fsp3) is 0.316. The van der Waals surface area contributed by atoms with E-state index in [-0.39, 0.29) is 16.4 Å². The number of urea groups is 1. The van der Waals surface area contributed by atoms with E-state index in [0.29, 0.717) is 25.9 Å². The number of alkyl halides is 3. The van der Waals surface area contributed by atoms with Crippen LogP contribution in [-0.2, 0) is 9.84 Å². The first-order valence-corrected chi connectivity index (χ1v) is 11.3. The number of carbonyl (C=O) groups is 1. The molecule has 8 nitrogen and oxygen atoms in total. The number of carbonyl (C=O) groups excluding carboxylic acids is 1. The number of piperidine rings is 1. The van der Waals surface area contributed by atoms with Gasteiger partial charge < -0.3 is 25.8 Å². The molecule has 1 aliphatic rings. The lowest BCUT2D eigenvalue weighted by molar-refractivity contribution is -0.274. The second-order valence-corrected chi connectivity index (χ2v) is 9.46. The van der Waals surface area contributed by atoms with E-state index in [9.17, 15) is 31.5 Å². The maximum Gasteiger partial charge on any atom is 0.573 e. The van der Waals surface area contributed by atoms with Crippen LogP contribution in [0.15, 0.2) is 41.3 Å². The molecule has 32 heavy (non-hydrogen) atoms. The van der Waals surface area contributed by atoms with Crippen LogP contribution >= 0.6 is 11.6 Å². The highest BCUT2D eigenvalue weighted by molar-refractivity contribution is 7.92. The Labute approximate surface area is 186 Å². The summed E-state index contributed by atoms with van der Waals surface area (Å²) >= 11 is 6.05. The van der Waals surface area contributed by atoms with Crippen LogP contribution in [0, 0.1) is 0 Å². The van der Waals surface area contributed by atoms with E-state index in [1.54, 1.807) is 0 Å². The molecule has 0 atom stereocenters. The van der Waals surface area contributed by atoms with Gasteiger partial charge in [-0.25, -0.2) is 13.2 Å². The highest BCUT2D eigenvalue weighted by Gasteiger charge is 2.34. The third kappa shape index (κ3) is 5.56. The minimum atomic E-state index is -4.97. The standard InChI is InChI=1S/C19H19ClF3N3O5S/c20-12-5-6-14(16(27)17(12)32(29,30)11-7-9-24-10-8-11)26-18(28)25-13-3-1-2-4-15(13)31-19(21,22)23/h1-6,11,24,27H,7-10H2,(H2,25,26,28). The number of halogens is 4. The number of phenolic OH excluding ortho intramolecular Hbond substituents is 1. The molecule has 0 aromatic heterocycles. The fourth-order valence-corrected chi connectivity index (χ4v) is 5.63. The first kappa shape index (κ1) is 24.0. The van der Waals surface area contributed by atoms with Gasteiger partial charge >= 0.3 is 12.4 Å². The van der Waals surface area contributed by atoms with Crippen LogP contribution in [0.2, 0.25) is 5.02 Å².